The van der Waals surface area contributed by atoms with Crippen LogP contribution in [0.15, 0.2) is 54.7 Å². The van der Waals surface area contributed by atoms with Gasteiger partial charge in [-0.3, -0.25) is 9.78 Å². The van der Waals surface area contributed by atoms with Gasteiger partial charge in [0.15, 0.2) is 0 Å². The molecule has 2 heterocycles. The lowest BCUT2D eigenvalue weighted by atomic mass is 10.1. The molecule has 1 saturated heterocycles. The highest BCUT2D eigenvalue weighted by Gasteiger charge is 2.23. The summed E-state index contributed by atoms with van der Waals surface area (Å²) < 4.78 is 5.23. The summed E-state index contributed by atoms with van der Waals surface area (Å²) >= 11 is 0. The van der Waals surface area contributed by atoms with E-state index in [-0.39, 0.29) is 5.91 Å². The molecule has 5 nitrogen and oxygen atoms in total. The number of rotatable bonds is 3. The topological polar surface area (TPSA) is 45.7 Å². The van der Waals surface area contributed by atoms with Crippen molar-refractivity contribution in [3.05, 3.63) is 65.9 Å². The smallest absolute Gasteiger partial charge is 0.254 e. The molecule has 1 aromatic heterocycles. The Labute approximate surface area is 159 Å². The average molecular weight is 361 g/mol. The molecule has 3 aromatic rings. The fourth-order valence-electron chi connectivity index (χ4n) is 3.61. The highest BCUT2D eigenvalue weighted by atomic mass is 16.5. The summed E-state index contributed by atoms with van der Waals surface area (Å²) in [6.45, 7) is 5.11. The van der Waals surface area contributed by atoms with Crippen LogP contribution >= 0.6 is 0 Å². The summed E-state index contributed by atoms with van der Waals surface area (Å²) in [6, 6.07) is 15.8. The number of methoxy groups -OCH3 is 1. The van der Waals surface area contributed by atoms with Crippen LogP contribution in [0.4, 0.5) is 5.69 Å². The number of aryl methyl sites for hydroxylation is 1. The van der Waals surface area contributed by atoms with Gasteiger partial charge in [-0.1, -0.05) is 17.7 Å². The number of pyridine rings is 1. The van der Waals surface area contributed by atoms with Crippen LogP contribution in [0.5, 0.6) is 5.75 Å². The van der Waals surface area contributed by atoms with E-state index in [4.69, 9.17) is 4.74 Å². The largest absolute Gasteiger partial charge is 0.497 e. The lowest BCUT2D eigenvalue weighted by Gasteiger charge is -2.36. The molecule has 0 bridgehead atoms. The second kappa shape index (κ2) is 7.27. The lowest BCUT2D eigenvalue weighted by Crippen LogP contribution is -2.48. The van der Waals surface area contributed by atoms with E-state index in [1.54, 1.807) is 13.2 Å². The molecular weight excluding hydrogens is 338 g/mol. The summed E-state index contributed by atoms with van der Waals surface area (Å²) in [7, 11) is 1.61. The molecule has 1 aliphatic heterocycles. The van der Waals surface area contributed by atoms with Crippen LogP contribution in [0.2, 0.25) is 0 Å². The number of hydrogen-bond donors (Lipinski definition) is 0. The summed E-state index contributed by atoms with van der Waals surface area (Å²) in [5.74, 6) is 0.766. The number of amides is 1. The van der Waals surface area contributed by atoms with Crippen LogP contribution in [0.1, 0.15) is 15.9 Å². The van der Waals surface area contributed by atoms with Crippen molar-refractivity contribution in [2.45, 2.75) is 6.92 Å². The minimum atomic E-state index is 0.0592. The first-order valence-corrected chi connectivity index (χ1v) is 9.19. The van der Waals surface area contributed by atoms with Crippen LogP contribution < -0.4 is 9.64 Å². The highest BCUT2D eigenvalue weighted by Crippen LogP contribution is 2.27. The van der Waals surface area contributed by atoms with Gasteiger partial charge in [-0.25, -0.2) is 0 Å². The molecule has 5 heteroatoms. The van der Waals surface area contributed by atoms with Crippen LogP contribution in [0, 0.1) is 6.92 Å². The van der Waals surface area contributed by atoms with Gasteiger partial charge >= 0.3 is 0 Å². The van der Waals surface area contributed by atoms with Gasteiger partial charge in [-0.2, -0.15) is 0 Å². The Morgan fingerprint density at radius 3 is 2.63 bits per heavy atom. The number of fused-ring (bicyclic) bond motifs is 1. The number of piperazine rings is 1. The van der Waals surface area contributed by atoms with E-state index in [0.717, 1.165) is 18.6 Å². The van der Waals surface area contributed by atoms with Crippen LogP contribution in [-0.2, 0) is 0 Å². The standard InChI is InChI=1S/C22H23N3O2/c1-16-6-7-20-19(14-16)21(8-9-23-20)24-10-12-25(13-11-24)22(26)17-4-3-5-18(15-17)27-2/h3-9,14-15H,10-13H2,1-2H3. The molecule has 2 aromatic carbocycles. The Morgan fingerprint density at radius 1 is 1.04 bits per heavy atom. The molecule has 0 spiro atoms. The fraction of sp³-hybridized carbons (Fsp3) is 0.273. The van der Waals surface area contributed by atoms with E-state index in [2.05, 4.69) is 41.1 Å². The minimum absolute atomic E-state index is 0.0592. The van der Waals surface area contributed by atoms with E-state index >= 15 is 0 Å². The van der Waals surface area contributed by atoms with Gasteiger partial charge in [-0.05, 0) is 43.3 Å². The maximum Gasteiger partial charge on any atom is 0.254 e. The lowest BCUT2D eigenvalue weighted by molar-refractivity contribution is 0.0746. The molecule has 138 valence electrons. The Hall–Kier alpha value is -3.08. The molecule has 0 saturated carbocycles. The third-order valence-corrected chi connectivity index (χ3v) is 5.10. The Balaban J connectivity index is 1.51. The second-order valence-electron chi connectivity index (χ2n) is 6.86. The van der Waals surface area contributed by atoms with Crippen LogP contribution in [0.25, 0.3) is 10.9 Å². The molecule has 0 N–H and O–H groups in total. The van der Waals surface area contributed by atoms with E-state index in [1.165, 1.54) is 16.6 Å². The zero-order valence-electron chi connectivity index (χ0n) is 15.7. The average Bonchev–Trinajstić information content (AvgIpc) is 2.73. The summed E-state index contributed by atoms with van der Waals surface area (Å²) in [4.78, 5) is 21.5. The first-order valence-electron chi connectivity index (χ1n) is 9.19. The van der Waals surface area contributed by atoms with Crippen molar-refractivity contribution in [2.24, 2.45) is 0 Å². The van der Waals surface area contributed by atoms with Gasteiger partial charge in [0, 0.05) is 49.0 Å². The van der Waals surface area contributed by atoms with Gasteiger partial charge in [-0.15, -0.1) is 0 Å². The first kappa shape index (κ1) is 17.3. The number of hydrogen-bond acceptors (Lipinski definition) is 4. The van der Waals surface area contributed by atoms with Crippen molar-refractivity contribution < 1.29 is 9.53 Å². The highest BCUT2D eigenvalue weighted by molar-refractivity contribution is 5.95. The molecular formula is C22H23N3O2. The number of aromatic nitrogens is 1. The van der Waals surface area contributed by atoms with E-state index in [0.29, 0.717) is 24.4 Å². The van der Waals surface area contributed by atoms with Gasteiger partial charge in [0.25, 0.3) is 5.91 Å². The number of anilines is 1. The van der Waals surface area contributed by atoms with Crippen molar-refractivity contribution >= 4 is 22.5 Å². The Bertz CT molecular complexity index is 978. The number of carbonyl (C=O) groups excluding carboxylic acids is 1. The molecule has 0 atom stereocenters. The molecule has 1 amide bonds. The van der Waals surface area contributed by atoms with Gasteiger partial charge in [0.05, 0.1) is 12.6 Å². The van der Waals surface area contributed by atoms with Crippen molar-refractivity contribution in [3.8, 4) is 5.75 Å². The molecule has 0 aliphatic carbocycles. The maximum atomic E-state index is 12.8. The third kappa shape index (κ3) is 3.45. The van der Waals surface area contributed by atoms with Gasteiger partial charge in [0.2, 0.25) is 0 Å². The van der Waals surface area contributed by atoms with Crippen molar-refractivity contribution in [2.75, 3.05) is 38.2 Å². The molecule has 1 aliphatic rings. The number of benzene rings is 2. The fourth-order valence-corrected chi connectivity index (χ4v) is 3.61. The quantitative estimate of drug-likeness (QED) is 0.716. The summed E-state index contributed by atoms with van der Waals surface area (Å²) in [5.41, 5.74) is 4.10. The predicted octanol–water partition coefficient (Wildman–Crippen LogP) is 3.51. The first-order chi connectivity index (χ1) is 13.2. The predicted molar refractivity (Wildman–Crippen MR) is 108 cm³/mol. The summed E-state index contributed by atoms with van der Waals surface area (Å²) in [5, 5.41) is 1.17. The summed E-state index contributed by atoms with van der Waals surface area (Å²) in [6.07, 6.45) is 1.86. The normalized spacial score (nSPS) is 14.4. The molecule has 1 fully saturated rings. The van der Waals surface area contributed by atoms with E-state index < -0.39 is 0 Å². The third-order valence-electron chi connectivity index (χ3n) is 5.10. The molecule has 0 radical (unpaired) electrons. The van der Waals surface area contributed by atoms with E-state index in [1.807, 2.05) is 29.3 Å². The molecule has 4 rings (SSSR count). The van der Waals surface area contributed by atoms with Crippen molar-refractivity contribution in [3.63, 3.8) is 0 Å². The van der Waals surface area contributed by atoms with Gasteiger partial charge < -0.3 is 14.5 Å². The second-order valence-corrected chi connectivity index (χ2v) is 6.86. The Morgan fingerprint density at radius 2 is 1.85 bits per heavy atom. The van der Waals surface area contributed by atoms with Crippen LogP contribution in [-0.4, -0.2) is 49.1 Å². The zero-order valence-corrected chi connectivity index (χ0v) is 15.7. The number of ether oxygens (including phenoxy) is 1. The monoisotopic (exact) mass is 361 g/mol. The minimum Gasteiger partial charge on any atom is -0.497 e. The number of carbonyl (C=O) groups is 1. The maximum absolute atomic E-state index is 12.8. The van der Waals surface area contributed by atoms with Crippen LogP contribution in [0.3, 0.4) is 0 Å². The molecule has 0 unspecified atom stereocenters. The number of nitrogens with zero attached hydrogens (tertiary/aromatic N) is 3. The Kier molecular flexibility index (Phi) is 4.67. The van der Waals surface area contributed by atoms with Gasteiger partial charge in [0.1, 0.15) is 5.75 Å². The molecule has 27 heavy (non-hydrogen) atoms. The zero-order chi connectivity index (χ0) is 18.8. The van der Waals surface area contributed by atoms with Crippen molar-refractivity contribution in [1.82, 2.24) is 9.88 Å². The SMILES string of the molecule is COc1cccc(C(=O)N2CCN(c3ccnc4ccc(C)cc34)CC2)c1. The van der Waals surface area contributed by atoms with Crippen molar-refractivity contribution in [1.29, 1.82) is 0 Å². The van der Waals surface area contributed by atoms with E-state index in [9.17, 15) is 4.79 Å².